The van der Waals surface area contributed by atoms with Gasteiger partial charge in [0.2, 0.25) is 0 Å². The lowest BCUT2D eigenvalue weighted by atomic mass is 10.2. The Morgan fingerprint density at radius 2 is 2.00 bits per heavy atom. The third-order valence-corrected chi connectivity index (χ3v) is 4.10. The molecule has 0 aliphatic heterocycles. The first kappa shape index (κ1) is 14.8. The second kappa shape index (κ2) is 7.99. The van der Waals surface area contributed by atoms with Gasteiger partial charge in [0, 0.05) is 5.25 Å². The molecular formula is C11H23NO2S. The Morgan fingerprint density at radius 3 is 2.40 bits per heavy atom. The summed E-state index contributed by atoms with van der Waals surface area (Å²) in [5.41, 5.74) is 0. The zero-order valence-corrected chi connectivity index (χ0v) is 11.2. The topological polar surface area (TPSA) is 38.3 Å². The van der Waals surface area contributed by atoms with Gasteiger partial charge in [-0.2, -0.15) is 11.8 Å². The highest BCUT2D eigenvalue weighted by molar-refractivity contribution is 7.99. The number of carbonyl (C=O) groups excluding carboxylic acids is 1. The third-order valence-electron chi connectivity index (χ3n) is 2.56. The van der Waals surface area contributed by atoms with Crippen molar-refractivity contribution >= 4 is 17.7 Å². The highest BCUT2D eigenvalue weighted by Crippen LogP contribution is 2.19. The number of thioether (sulfide) groups is 1. The van der Waals surface area contributed by atoms with Crippen molar-refractivity contribution in [1.29, 1.82) is 0 Å². The van der Waals surface area contributed by atoms with Gasteiger partial charge in [-0.25, -0.2) is 0 Å². The van der Waals surface area contributed by atoms with E-state index in [1.807, 2.05) is 11.8 Å². The van der Waals surface area contributed by atoms with Crippen molar-refractivity contribution in [2.75, 3.05) is 19.9 Å². The Balaban J connectivity index is 3.77. The van der Waals surface area contributed by atoms with E-state index in [4.69, 9.17) is 4.74 Å². The molecule has 0 heterocycles. The molecule has 0 radical (unpaired) electrons. The fourth-order valence-corrected chi connectivity index (χ4v) is 2.22. The molecule has 0 spiro atoms. The Hall–Kier alpha value is -0.220. The molecule has 0 aromatic heterocycles. The van der Waals surface area contributed by atoms with Crippen molar-refractivity contribution in [2.45, 2.75) is 38.5 Å². The van der Waals surface area contributed by atoms with E-state index in [1.54, 1.807) is 7.05 Å². The average Bonchev–Trinajstić information content (AvgIpc) is 2.22. The van der Waals surface area contributed by atoms with E-state index in [0.29, 0.717) is 11.2 Å². The fraction of sp³-hybridized carbons (Fsp3) is 0.909. The van der Waals surface area contributed by atoms with Crippen LogP contribution in [0.3, 0.4) is 0 Å². The minimum absolute atomic E-state index is 0.165. The van der Waals surface area contributed by atoms with Crippen molar-refractivity contribution in [3.63, 3.8) is 0 Å². The van der Waals surface area contributed by atoms with Crippen LogP contribution in [0, 0.1) is 5.92 Å². The molecule has 3 nitrogen and oxygen atoms in total. The number of ether oxygens (including phenoxy) is 1. The predicted octanol–water partition coefficient (Wildman–Crippen LogP) is 1.92. The van der Waals surface area contributed by atoms with Crippen molar-refractivity contribution in [3.8, 4) is 0 Å². The largest absolute Gasteiger partial charge is 0.468 e. The molecule has 2 unspecified atom stereocenters. The molecule has 0 aliphatic rings. The molecule has 0 bridgehead atoms. The van der Waals surface area contributed by atoms with Gasteiger partial charge in [-0.3, -0.25) is 4.79 Å². The summed E-state index contributed by atoms with van der Waals surface area (Å²) in [7, 11) is 3.22. The number of likely N-dealkylation sites (N-methyl/N-ethyl adjacent to an activating group) is 1. The van der Waals surface area contributed by atoms with Gasteiger partial charge in [0.25, 0.3) is 0 Å². The van der Waals surface area contributed by atoms with Gasteiger partial charge in [0.1, 0.15) is 6.04 Å². The van der Waals surface area contributed by atoms with Crippen LogP contribution in [0.5, 0.6) is 0 Å². The molecule has 0 aliphatic carbocycles. The summed E-state index contributed by atoms with van der Waals surface area (Å²) in [6, 6.07) is -0.165. The summed E-state index contributed by atoms with van der Waals surface area (Å²) < 4.78 is 4.70. The molecule has 0 saturated heterocycles. The summed E-state index contributed by atoms with van der Waals surface area (Å²) >= 11 is 1.91. The van der Waals surface area contributed by atoms with Gasteiger partial charge in [0.05, 0.1) is 7.11 Å². The van der Waals surface area contributed by atoms with Crippen molar-refractivity contribution in [1.82, 2.24) is 5.32 Å². The van der Waals surface area contributed by atoms with Gasteiger partial charge in [-0.15, -0.1) is 0 Å². The average molecular weight is 233 g/mol. The lowest BCUT2D eigenvalue weighted by Gasteiger charge is -2.17. The summed E-state index contributed by atoms with van der Waals surface area (Å²) in [6.07, 6.45) is 0.824. The normalized spacial score (nSPS) is 15.1. The lowest BCUT2D eigenvalue weighted by molar-refractivity contribution is -0.143. The van der Waals surface area contributed by atoms with Crippen LogP contribution in [0.2, 0.25) is 0 Å². The zero-order valence-electron chi connectivity index (χ0n) is 10.4. The first-order chi connectivity index (χ1) is 7.02. The maximum absolute atomic E-state index is 11.3. The van der Waals surface area contributed by atoms with Gasteiger partial charge < -0.3 is 10.1 Å². The van der Waals surface area contributed by atoms with Crippen LogP contribution in [-0.2, 0) is 9.53 Å². The van der Waals surface area contributed by atoms with E-state index >= 15 is 0 Å². The van der Waals surface area contributed by atoms with Crippen LogP contribution >= 0.6 is 11.8 Å². The van der Waals surface area contributed by atoms with Gasteiger partial charge in [-0.1, -0.05) is 20.8 Å². The monoisotopic (exact) mass is 233 g/mol. The molecule has 0 fully saturated rings. The fourth-order valence-electron chi connectivity index (χ4n) is 1.09. The molecular weight excluding hydrogens is 210 g/mol. The Kier molecular flexibility index (Phi) is 7.88. The number of hydrogen-bond acceptors (Lipinski definition) is 4. The van der Waals surface area contributed by atoms with E-state index in [0.717, 1.165) is 12.2 Å². The van der Waals surface area contributed by atoms with Gasteiger partial charge in [0.15, 0.2) is 0 Å². The number of nitrogens with one attached hydrogen (secondary N) is 1. The maximum atomic E-state index is 11.3. The molecule has 0 aromatic carbocycles. The summed E-state index contributed by atoms with van der Waals surface area (Å²) in [4.78, 5) is 11.3. The number of rotatable bonds is 7. The third kappa shape index (κ3) is 6.05. The summed E-state index contributed by atoms with van der Waals surface area (Å²) in [6.45, 7) is 6.66. The molecule has 90 valence electrons. The second-order valence-corrected chi connectivity index (χ2v) is 5.46. The predicted molar refractivity (Wildman–Crippen MR) is 66.2 cm³/mol. The minimum atomic E-state index is -0.171. The van der Waals surface area contributed by atoms with Crippen LogP contribution in [0.25, 0.3) is 0 Å². The Labute approximate surface area is 97.3 Å². The quantitative estimate of drug-likeness (QED) is 0.682. The molecule has 15 heavy (non-hydrogen) atoms. The highest BCUT2D eigenvalue weighted by Gasteiger charge is 2.17. The van der Waals surface area contributed by atoms with E-state index in [9.17, 15) is 4.79 Å². The van der Waals surface area contributed by atoms with Crippen LogP contribution in [0.1, 0.15) is 27.2 Å². The number of hydrogen-bond donors (Lipinski definition) is 1. The first-order valence-electron chi connectivity index (χ1n) is 5.39. The number of esters is 1. The van der Waals surface area contributed by atoms with Crippen molar-refractivity contribution in [3.05, 3.63) is 0 Å². The molecule has 1 N–H and O–H groups in total. The van der Waals surface area contributed by atoms with E-state index < -0.39 is 0 Å². The van der Waals surface area contributed by atoms with E-state index in [2.05, 4.69) is 26.1 Å². The number of methoxy groups -OCH3 is 1. The molecule has 0 rings (SSSR count). The summed E-state index contributed by atoms with van der Waals surface area (Å²) in [5.74, 6) is 1.50. The van der Waals surface area contributed by atoms with E-state index in [1.165, 1.54) is 7.11 Å². The Morgan fingerprint density at radius 1 is 1.40 bits per heavy atom. The minimum Gasteiger partial charge on any atom is -0.468 e. The Bertz CT molecular complexity index is 185. The molecule has 4 heteroatoms. The molecule has 0 amide bonds. The first-order valence-corrected chi connectivity index (χ1v) is 6.44. The molecule has 2 atom stereocenters. The van der Waals surface area contributed by atoms with Gasteiger partial charge >= 0.3 is 5.97 Å². The standard InChI is InChI=1S/C11H23NO2S/c1-8(2)9(3)15-7-6-10(12-4)11(13)14-5/h8-10,12H,6-7H2,1-5H3. The maximum Gasteiger partial charge on any atom is 0.322 e. The second-order valence-electron chi connectivity index (χ2n) is 3.97. The van der Waals surface area contributed by atoms with Gasteiger partial charge in [-0.05, 0) is 25.1 Å². The van der Waals surface area contributed by atoms with Crippen LogP contribution in [-0.4, -0.2) is 37.2 Å². The van der Waals surface area contributed by atoms with Crippen LogP contribution < -0.4 is 5.32 Å². The smallest absolute Gasteiger partial charge is 0.322 e. The summed E-state index contributed by atoms with van der Waals surface area (Å²) in [5, 5.41) is 3.61. The van der Waals surface area contributed by atoms with Crippen LogP contribution in [0.4, 0.5) is 0 Å². The van der Waals surface area contributed by atoms with E-state index in [-0.39, 0.29) is 12.0 Å². The van der Waals surface area contributed by atoms with Crippen molar-refractivity contribution < 1.29 is 9.53 Å². The zero-order chi connectivity index (χ0) is 11.8. The number of carbonyl (C=O) groups is 1. The van der Waals surface area contributed by atoms with Crippen molar-refractivity contribution in [2.24, 2.45) is 5.92 Å². The molecule has 0 saturated carbocycles. The lowest BCUT2D eigenvalue weighted by Crippen LogP contribution is -2.35. The van der Waals surface area contributed by atoms with Crippen LogP contribution in [0.15, 0.2) is 0 Å². The molecule has 0 aromatic rings. The highest BCUT2D eigenvalue weighted by atomic mass is 32.2. The SMILES string of the molecule is CNC(CCSC(C)C(C)C)C(=O)OC.